The van der Waals surface area contributed by atoms with Gasteiger partial charge < -0.3 is 15.8 Å². The lowest BCUT2D eigenvalue weighted by Gasteiger charge is -2.52. The van der Waals surface area contributed by atoms with Crippen molar-refractivity contribution in [2.75, 3.05) is 6.61 Å². The number of hydrogen-bond acceptors (Lipinski definition) is 3. The molecular weight excluding hydrogens is 240 g/mol. The Balaban J connectivity index is 1.69. The molecule has 0 bridgehead atoms. The van der Waals surface area contributed by atoms with Crippen LogP contribution in [0.15, 0.2) is 24.3 Å². The lowest BCUT2D eigenvalue weighted by Crippen LogP contribution is -2.72. The number of ether oxygens (including phenoxy) is 1. The monoisotopic (exact) mass is 260 g/mol. The lowest BCUT2D eigenvalue weighted by molar-refractivity contribution is -0.117. The average Bonchev–Trinajstić information content (AvgIpc) is 2.44. The van der Waals surface area contributed by atoms with Crippen molar-refractivity contribution in [2.24, 2.45) is 11.7 Å². The van der Waals surface area contributed by atoms with Gasteiger partial charge in [-0.2, -0.15) is 0 Å². The number of amides is 1. The molecule has 3 rings (SSSR count). The summed E-state index contributed by atoms with van der Waals surface area (Å²) in [5.74, 6) is 0.363. The minimum absolute atomic E-state index is 0.0262. The van der Waals surface area contributed by atoms with E-state index >= 15 is 0 Å². The van der Waals surface area contributed by atoms with E-state index in [0.717, 1.165) is 25.0 Å². The summed E-state index contributed by atoms with van der Waals surface area (Å²) in [6.45, 7) is 2.72. The molecule has 1 aliphatic carbocycles. The van der Waals surface area contributed by atoms with Crippen molar-refractivity contribution in [1.29, 1.82) is 0 Å². The van der Waals surface area contributed by atoms with Gasteiger partial charge in [-0.3, -0.25) is 4.79 Å². The molecule has 0 aromatic heterocycles. The summed E-state index contributed by atoms with van der Waals surface area (Å²) >= 11 is 0. The summed E-state index contributed by atoms with van der Waals surface area (Å²) in [5, 5.41) is 3.03. The summed E-state index contributed by atoms with van der Waals surface area (Å²) in [6, 6.07) is 7.57. The predicted molar refractivity (Wildman–Crippen MR) is 72.9 cm³/mol. The second-order valence-electron chi connectivity index (χ2n) is 5.53. The fourth-order valence-corrected chi connectivity index (χ4v) is 3.18. The van der Waals surface area contributed by atoms with Crippen LogP contribution in [-0.2, 0) is 4.74 Å². The molecule has 3 N–H and O–H groups in total. The first-order chi connectivity index (χ1) is 9.18. The summed E-state index contributed by atoms with van der Waals surface area (Å²) < 4.78 is 5.73. The van der Waals surface area contributed by atoms with Crippen LogP contribution in [0.4, 0.5) is 0 Å². The highest BCUT2D eigenvalue weighted by molar-refractivity contribution is 5.95. The first-order valence-electron chi connectivity index (χ1n) is 6.92. The Morgan fingerprint density at radius 1 is 1.42 bits per heavy atom. The molecule has 1 saturated heterocycles. The minimum Gasteiger partial charge on any atom is -0.376 e. The van der Waals surface area contributed by atoms with Gasteiger partial charge in [0.05, 0.1) is 12.1 Å². The van der Waals surface area contributed by atoms with Crippen molar-refractivity contribution < 1.29 is 9.53 Å². The molecule has 102 valence electrons. The van der Waals surface area contributed by atoms with Gasteiger partial charge in [0, 0.05) is 24.1 Å². The van der Waals surface area contributed by atoms with E-state index in [2.05, 4.69) is 5.32 Å². The molecule has 2 fully saturated rings. The quantitative estimate of drug-likeness (QED) is 0.840. The number of fused-ring (bicyclic) bond motifs is 1. The second kappa shape index (κ2) is 4.94. The molecule has 4 nitrogen and oxygen atoms in total. The van der Waals surface area contributed by atoms with Gasteiger partial charge in [-0.25, -0.2) is 0 Å². The second-order valence-corrected chi connectivity index (χ2v) is 5.53. The number of hydrogen-bond donors (Lipinski definition) is 2. The van der Waals surface area contributed by atoms with E-state index in [4.69, 9.17) is 10.5 Å². The molecular formula is C15H20N2O2. The molecule has 2 aliphatic rings. The maximum Gasteiger partial charge on any atom is 0.251 e. The van der Waals surface area contributed by atoms with E-state index in [1.165, 1.54) is 0 Å². The van der Waals surface area contributed by atoms with Gasteiger partial charge in [-0.15, -0.1) is 0 Å². The van der Waals surface area contributed by atoms with Gasteiger partial charge in [0.15, 0.2) is 0 Å². The summed E-state index contributed by atoms with van der Waals surface area (Å²) in [5.41, 5.74) is 7.84. The van der Waals surface area contributed by atoms with Crippen molar-refractivity contribution in [3.8, 4) is 0 Å². The SMILES string of the molecule is Cc1ccccc1C(=O)NC1C(N)C2CCCOC21. The van der Waals surface area contributed by atoms with Crippen LogP contribution in [0.2, 0.25) is 0 Å². The van der Waals surface area contributed by atoms with Crippen LogP contribution in [-0.4, -0.2) is 30.7 Å². The van der Waals surface area contributed by atoms with Gasteiger partial charge in [0.2, 0.25) is 0 Å². The highest BCUT2D eigenvalue weighted by Gasteiger charge is 2.51. The van der Waals surface area contributed by atoms with Gasteiger partial charge >= 0.3 is 0 Å². The molecule has 1 aliphatic heterocycles. The number of nitrogens with two attached hydrogens (primary N) is 1. The molecule has 0 radical (unpaired) electrons. The fraction of sp³-hybridized carbons (Fsp3) is 0.533. The molecule has 4 heteroatoms. The molecule has 1 heterocycles. The molecule has 1 aromatic rings. The van der Waals surface area contributed by atoms with Crippen LogP contribution < -0.4 is 11.1 Å². The van der Waals surface area contributed by atoms with Crippen molar-refractivity contribution >= 4 is 5.91 Å². The molecule has 0 spiro atoms. The van der Waals surface area contributed by atoms with Crippen molar-refractivity contribution in [3.05, 3.63) is 35.4 Å². The first-order valence-corrected chi connectivity index (χ1v) is 6.92. The van der Waals surface area contributed by atoms with E-state index in [1.54, 1.807) is 0 Å². The zero-order valence-electron chi connectivity index (χ0n) is 11.1. The van der Waals surface area contributed by atoms with Crippen LogP contribution in [0.25, 0.3) is 0 Å². The number of carbonyl (C=O) groups excluding carboxylic acids is 1. The fourth-order valence-electron chi connectivity index (χ4n) is 3.18. The van der Waals surface area contributed by atoms with Crippen LogP contribution in [0, 0.1) is 12.8 Å². The third-order valence-electron chi connectivity index (χ3n) is 4.36. The molecule has 1 saturated carbocycles. The lowest BCUT2D eigenvalue weighted by atomic mass is 9.68. The van der Waals surface area contributed by atoms with Crippen molar-refractivity contribution in [3.63, 3.8) is 0 Å². The maximum absolute atomic E-state index is 12.3. The summed E-state index contributed by atoms with van der Waals surface area (Å²) in [7, 11) is 0. The van der Waals surface area contributed by atoms with Crippen LogP contribution in [0.5, 0.6) is 0 Å². The topological polar surface area (TPSA) is 64.4 Å². The number of rotatable bonds is 2. The molecule has 4 atom stereocenters. The minimum atomic E-state index is -0.0498. The zero-order chi connectivity index (χ0) is 13.4. The predicted octanol–water partition coefficient (Wildman–Crippen LogP) is 1.23. The largest absolute Gasteiger partial charge is 0.376 e. The van der Waals surface area contributed by atoms with Crippen molar-refractivity contribution in [1.82, 2.24) is 5.32 Å². The van der Waals surface area contributed by atoms with Crippen LogP contribution in [0.3, 0.4) is 0 Å². The standard InChI is InChI=1S/C15H20N2O2/c1-9-5-2-3-6-10(9)15(18)17-13-12(16)11-7-4-8-19-14(11)13/h2-3,5-6,11-14H,4,7-8,16H2,1H3,(H,17,18). The Morgan fingerprint density at radius 3 is 3.00 bits per heavy atom. The number of nitrogens with one attached hydrogen (secondary N) is 1. The van der Waals surface area contributed by atoms with E-state index in [-0.39, 0.29) is 24.1 Å². The molecule has 19 heavy (non-hydrogen) atoms. The van der Waals surface area contributed by atoms with Gasteiger partial charge in [-0.1, -0.05) is 18.2 Å². The van der Waals surface area contributed by atoms with E-state index in [0.29, 0.717) is 11.5 Å². The van der Waals surface area contributed by atoms with Crippen LogP contribution >= 0.6 is 0 Å². The van der Waals surface area contributed by atoms with Gasteiger partial charge in [-0.05, 0) is 31.4 Å². The average molecular weight is 260 g/mol. The highest BCUT2D eigenvalue weighted by Crippen LogP contribution is 2.37. The molecule has 4 unspecified atom stereocenters. The Bertz CT molecular complexity index is 489. The normalized spacial score (nSPS) is 33.2. The Morgan fingerprint density at radius 2 is 2.21 bits per heavy atom. The van der Waals surface area contributed by atoms with Crippen LogP contribution in [0.1, 0.15) is 28.8 Å². The van der Waals surface area contributed by atoms with Crippen molar-refractivity contribution in [2.45, 2.75) is 38.0 Å². The Hall–Kier alpha value is -1.39. The van der Waals surface area contributed by atoms with Gasteiger partial charge in [0.1, 0.15) is 0 Å². The third kappa shape index (κ3) is 2.15. The number of carbonyl (C=O) groups is 1. The molecule has 1 amide bonds. The van der Waals surface area contributed by atoms with E-state index in [1.807, 2.05) is 31.2 Å². The molecule has 1 aromatic carbocycles. The Labute approximate surface area is 113 Å². The highest BCUT2D eigenvalue weighted by atomic mass is 16.5. The summed E-state index contributed by atoms with van der Waals surface area (Å²) in [6.07, 6.45) is 2.30. The Kier molecular flexibility index (Phi) is 3.29. The van der Waals surface area contributed by atoms with E-state index in [9.17, 15) is 4.79 Å². The number of benzene rings is 1. The maximum atomic E-state index is 12.3. The number of aryl methyl sites for hydroxylation is 1. The first kappa shape index (κ1) is 12.6. The smallest absolute Gasteiger partial charge is 0.251 e. The summed E-state index contributed by atoms with van der Waals surface area (Å²) in [4.78, 5) is 12.3. The zero-order valence-corrected chi connectivity index (χ0v) is 11.1. The third-order valence-corrected chi connectivity index (χ3v) is 4.36. The van der Waals surface area contributed by atoms with E-state index < -0.39 is 0 Å². The van der Waals surface area contributed by atoms with Gasteiger partial charge in [0.25, 0.3) is 5.91 Å².